The van der Waals surface area contributed by atoms with Gasteiger partial charge in [0.1, 0.15) is 18.8 Å². The van der Waals surface area contributed by atoms with Crippen molar-refractivity contribution in [1.29, 1.82) is 0 Å². The second-order valence-electron chi connectivity index (χ2n) is 11.5. The van der Waals surface area contributed by atoms with Crippen molar-refractivity contribution < 1.29 is 19.0 Å². The number of aromatic nitrogens is 3. The molecular formula is C35H37ClN4O4S. The summed E-state index contributed by atoms with van der Waals surface area (Å²) in [6.45, 7) is 4.35. The molecule has 45 heavy (non-hydrogen) atoms. The van der Waals surface area contributed by atoms with E-state index in [1.165, 1.54) is 23.7 Å². The number of carbonyl (C=O) groups is 1. The summed E-state index contributed by atoms with van der Waals surface area (Å²) in [5, 5.41) is 9.46. The summed E-state index contributed by atoms with van der Waals surface area (Å²) in [4.78, 5) is 18.7. The molecule has 1 unspecified atom stereocenters. The molecule has 1 N–H and O–H groups in total. The number of rotatable bonds is 10. The lowest BCUT2D eigenvalue weighted by atomic mass is 9.94. The summed E-state index contributed by atoms with van der Waals surface area (Å²) in [7, 11) is 1.62. The molecule has 0 bridgehead atoms. The summed E-state index contributed by atoms with van der Waals surface area (Å²) < 4.78 is 19.8. The van der Waals surface area contributed by atoms with Gasteiger partial charge in [-0.1, -0.05) is 83.9 Å². The highest BCUT2D eigenvalue weighted by Gasteiger charge is 2.37. The van der Waals surface area contributed by atoms with Gasteiger partial charge in [0, 0.05) is 16.5 Å². The Bertz CT molecular complexity index is 1700. The van der Waals surface area contributed by atoms with Gasteiger partial charge in [-0.2, -0.15) is 4.98 Å². The molecule has 2 aliphatic rings. The molecule has 1 fully saturated rings. The van der Waals surface area contributed by atoms with Gasteiger partial charge in [0.05, 0.1) is 12.7 Å². The molecule has 1 aliphatic heterocycles. The summed E-state index contributed by atoms with van der Waals surface area (Å²) in [5.74, 6) is 1.98. The van der Waals surface area contributed by atoms with Crippen LogP contribution in [-0.2, 0) is 21.9 Å². The SMILES string of the molecule is COc1cc(C2C(C(=O)OC3CCCCC3)=C(C)Nc3nc(SCc4ccccc4Cl)nn32)ccc1OCc1ccc(C)cc1. The number of thioether (sulfide) groups is 1. The van der Waals surface area contributed by atoms with Crippen LogP contribution in [0.2, 0.25) is 5.02 Å². The van der Waals surface area contributed by atoms with E-state index in [0.717, 1.165) is 42.4 Å². The van der Waals surface area contributed by atoms with Crippen molar-refractivity contribution in [3.8, 4) is 11.5 Å². The zero-order chi connectivity index (χ0) is 31.3. The Labute approximate surface area is 273 Å². The molecule has 10 heteroatoms. The van der Waals surface area contributed by atoms with Crippen LogP contribution in [0.4, 0.5) is 5.95 Å². The molecule has 8 nitrogen and oxygen atoms in total. The van der Waals surface area contributed by atoms with Gasteiger partial charge in [-0.05, 0) is 74.4 Å². The highest BCUT2D eigenvalue weighted by Crippen LogP contribution is 2.41. The van der Waals surface area contributed by atoms with Crippen LogP contribution in [0.3, 0.4) is 0 Å². The van der Waals surface area contributed by atoms with Gasteiger partial charge in [-0.15, -0.1) is 5.10 Å². The molecule has 1 aliphatic carbocycles. The number of allylic oxidation sites excluding steroid dienone is 1. The maximum absolute atomic E-state index is 13.9. The van der Waals surface area contributed by atoms with Crippen molar-refractivity contribution >= 4 is 35.3 Å². The third-order valence-electron chi connectivity index (χ3n) is 8.21. The van der Waals surface area contributed by atoms with Gasteiger partial charge >= 0.3 is 5.97 Å². The Hall–Kier alpha value is -3.95. The van der Waals surface area contributed by atoms with Crippen molar-refractivity contribution in [3.63, 3.8) is 0 Å². The van der Waals surface area contributed by atoms with Crippen LogP contribution in [0.15, 0.2) is 83.2 Å². The summed E-state index contributed by atoms with van der Waals surface area (Å²) in [6, 6.07) is 21.1. The van der Waals surface area contributed by atoms with Crippen LogP contribution >= 0.6 is 23.4 Å². The fourth-order valence-corrected chi connectivity index (χ4v) is 6.85. The van der Waals surface area contributed by atoms with E-state index in [-0.39, 0.29) is 12.1 Å². The van der Waals surface area contributed by atoms with Crippen molar-refractivity contribution in [2.45, 2.75) is 75.6 Å². The molecule has 6 rings (SSSR count). The highest BCUT2D eigenvalue weighted by molar-refractivity contribution is 7.98. The molecule has 0 spiro atoms. The van der Waals surface area contributed by atoms with Crippen LogP contribution in [-0.4, -0.2) is 33.9 Å². The predicted molar refractivity (Wildman–Crippen MR) is 177 cm³/mol. The number of ether oxygens (including phenoxy) is 3. The Morgan fingerprint density at radius 3 is 2.56 bits per heavy atom. The normalized spacial score (nSPS) is 16.6. The lowest BCUT2D eigenvalue weighted by Crippen LogP contribution is -2.32. The fraction of sp³-hybridized carbons (Fsp3) is 0.343. The number of nitrogens with zero attached hydrogens (tertiary/aromatic N) is 3. The van der Waals surface area contributed by atoms with E-state index >= 15 is 0 Å². The standard InChI is InChI=1S/C35H37ClN4O4S/c1-22-13-15-24(16-14-22)20-43-29-18-17-25(19-30(29)42-3)32-31(33(41)44-27-10-5-4-6-11-27)23(2)37-34-38-35(39-40(32)34)45-21-26-9-7-8-12-28(26)36/h7-9,12-19,27,32H,4-6,10-11,20-21H2,1-3H3,(H,37,38,39). The second-order valence-corrected chi connectivity index (χ2v) is 12.8. The fourth-order valence-electron chi connectivity index (χ4n) is 5.74. The van der Waals surface area contributed by atoms with Crippen LogP contribution < -0.4 is 14.8 Å². The lowest BCUT2D eigenvalue weighted by Gasteiger charge is -2.30. The molecule has 1 saturated carbocycles. The first kappa shape index (κ1) is 31.0. The lowest BCUT2D eigenvalue weighted by molar-refractivity contribution is -0.146. The van der Waals surface area contributed by atoms with E-state index in [4.69, 9.17) is 35.9 Å². The number of benzene rings is 3. The molecule has 3 aromatic carbocycles. The van der Waals surface area contributed by atoms with Crippen LogP contribution in [0, 0.1) is 6.92 Å². The number of esters is 1. The molecule has 234 valence electrons. The molecule has 1 aromatic heterocycles. The minimum absolute atomic E-state index is 0.0850. The number of halogens is 1. The van der Waals surface area contributed by atoms with Gasteiger partial charge in [-0.3, -0.25) is 0 Å². The monoisotopic (exact) mass is 644 g/mol. The average molecular weight is 645 g/mol. The van der Waals surface area contributed by atoms with Crippen LogP contribution in [0.25, 0.3) is 0 Å². The highest BCUT2D eigenvalue weighted by atomic mass is 35.5. The minimum atomic E-state index is -0.584. The van der Waals surface area contributed by atoms with Crippen LogP contribution in [0.1, 0.15) is 67.3 Å². The number of nitrogens with one attached hydrogen (secondary N) is 1. The molecule has 0 amide bonds. The summed E-state index contributed by atoms with van der Waals surface area (Å²) in [6.07, 6.45) is 4.99. The third-order valence-corrected chi connectivity index (χ3v) is 9.47. The third kappa shape index (κ3) is 7.15. The zero-order valence-electron chi connectivity index (χ0n) is 25.7. The van der Waals surface area contributed by atoms with Crippen molar-refractivity contribution in [2.75, 3.05) is 12.4 Å². The number of hydrogen-bond donors (Lipinski definition) is 1. The van der Waals surface area contributed by atoms with E-state index in [1.807, 2.05) is 49.4 Å². The summed E-state index contributed by atoms with van der Waals surface area (Å²) >= 11 is 7.89. The average Bonchev–Trinajstić information content (AvgIpc) is 3.46. The number of fused-ring (bicyclic) bond motifs is 1. The van der Waals surface area contributed by atoms with E-state index in [1.54, 1.807) is 11.8 Å². The van der Waals surface area contributed by atoms with Gasteiger partial charge < -0.3 is 19.5 Å². The van der Waals surface area contributed by atoms with E-state index in [0.29, 0.717) is 51.3 Å². The molecule has 0 radical (unpaired) electrons. The maximum atomic E-state index is 13.9. The molecule has 2 heterocycles. The largest absolute Gasteiger partial charge is 0.493 e. The van der Waals surface area contributed by atoms with E-state index in [2.05, 4.69) is 36.5 Å². The van der Waals surface area contributed by atoms with E-state index < -0.39 is 6.04 Å². The quantitative estimate of drug-likeness (QED) is 0.136. The number of anilines is 1. The Morgan fingerprint density at radius 2 is 1.80 bits per heavy atom. The van der Waals surface area contributed by atoms with Crippen molar-refractivity contribution in [1.82, 2.24) is 14.8 Å². The first-order valence-corrected chi connectivity index (χ1v) is 16.6. The van der Waals surface area contributed by atoms with Gasteiger partial charge in [0.15, 0.2) is 11.5 Å². The second kappa shape index (κ2) is 14.0. The first-order chi connectivity index (χ1) is 21.9. The number of aryl methyl sites for hydroxylation is 1. The summed E-state index contributed by atoms with van der Waals surface area (Å²) in [5.41, 5.74) is 5.24. The number of methoxy groups -OCH3 is 1. The minimum Gasteiger partial charge on any atom is -0.493 e. The molecule has 1 atom stereocenters. The Kier molecular flexibility index (Phi) is 9.66. The zero-order valence-corrected chi connectivity index (χ0v) is 27.3. The van der Waals surface area contributed by atoms with Crippen molar-refractivity contribution in [3.05, 3.63) is 105 Å². The predicted octanol–water partition coefficient (Wildman–Crippen LogP) is 8.28. The Morgan fingerprint density at radius 1 is 1.02 bits per heavy atom. The maximum Gasteiger partial charge on any atom is 0.338 e. The molecule has 4 aromatic rings. The molecule has 0 saturated heterocycles. The first-order valence-electron chi connectivity index (χ1n) is 15.3. The number of carbonyl (C=O) groups excluding carboxylic acids is 1. The van der Waals surface area contributed by atoms with Gasteiger partial charge in [0.25, 0.3) is 0 Å². The topological polar surface area (TPSA) is 87.5 Å². The van der Waals surface area contributed by atoms with Crippen LogP contribution in [0.5, 0.6) is 11.5 Å². The van der Waals surface area contributed by atoms with Crippen molar-refractivity contribution in [2.24, 2.45) is 0 Å². The Balaban J connectivity index is 1.32. The smallest absolute Gasteiger partial charge is 0.338 e. The van der Waals surface area contributed by atoms with Gasteiger partial charge in [-0.25, -0.2) is 9.48 Å². The van der Waals surface area contributed by atoms with Gasteiger partial charge in [0.2, 0.25) is 11.1 Å². The number of hydrogen-bond acceptors (Lipinski definition) is 8. The molecular weight excluding hydrogens is 608 g/mol. The van der Waals surface area contributed by atoms with E-state index in [9.17, 15) is 4.79 Å².